The van der Waals surface area contributed by atoms with E-state index in [0.717, 1.165) is 19.3 Å². The molecular formula is C13H18N2O. The second kappa shape index (κ2) is 4.66. The van der Waals surface area contributed by atoms with Crippen molar-refractivity contribution in [2.75, 3.05) is 13.6 Å². The van der Waals surface area contributed by atoms with Crippen LogP contribution in [0.5, 0.6) is 0 Å². The van der Waals surface area contributed by atoms with Crippen molar-refractivity contribution >= 4 is 5.91 Å². The summed E-state index contributed by atoms with van der Waals surface area (Å²) in [6.45, 7) is 0.106. The van der Waals surface area contributed by atoms with E-state index in [2.05, 4.69) is 24.3 Å². The van der Waals surface area contributed by atoms with Gasteiger partial charge in [-0.25, -0.2) is 0 Å². The first-order chi connectivity index (χ1) is 7.72. The fraction of sp³-hybridized carbons (Fsp3) is 0.462. The van der Waals surface area contributed by atoms with Gasteiger partial charge in [-0.05, 0) is 30.4 Å². The third kappa shape index (κ3) is 2.09. The van der Waals surface area contributed by atoms with Gasteiger partial charge in [-0.3, -0.25) is 4.79 Å². The Kier molecular flexibility index (Phi) is 3.25. The SMILES string of the molecule is CN(C(=O)CN)C1CCc2ccccc2C1. The summed E-state index contributed by atoms with van der Waals surface area (Å²) in [5, 5.41) is 0. The monoisotopic (exact) mass is 218 g/mol. The van der Waals surface area contributed by atoms with Crippen LogP contribution in [0.15, 0.2) is 24.3 Å². The van der Waals surface area contributed by atoms with Gasteiger partial charge in [0.2, 0.25) is 5.91 Å². The lowest BCUT2D eigenvalue weighted by atomic mass is 9.87. The molecule has 0 fully saturated rings. The van der Waals surface area contributed by atoms with Crippen LogP contribution in [0.4, 0.5) is 0 Å². The first-order valence-corrected chi connectivity index (χ1v) is 5.75. The molecule has 1 aliphatic carbocycles. The van der Waals surface area contributed by atoms with E-state index in [4.69, 9.17) is 5.73 Å². The first kappa shape index (κ1) is 11.1. The Morgan fingerprint density at radius 3 is 2.81 bits per heavy atom. The maximum Gasteiger partial charge on any atom is 0.236 e. The van der Waals surface area contributed by atoms with E-state index in [9.17, 15) is 4.79 Å². The molecule has 0 radical (unpaired) electrons. The fourth-order valence-electron chi connectivity index (χ4n) is 2.36. The van der Waals surface area contributed by atoms with E-state index < -0.39 is 0 Å². The predicted molar refractivity (Wildman–Crippen MR) is 64.1 cm³/mol. The third-order valence-corrected chi connectivity index (χ3v) is 3.44. The highest BCUT2D eigenvalue weighted by atomic mass is 16.2. The summed E-state index contributed by atoms with van der Waals surface area (Å²) in [5.74, 6) is 0.0318. The van der Waals surface area contributed by atoms with Crippen LogP contribution in [-0.4, -0.2) is 30.4 Å². The molecule has 1 aromatic rings. The number of fused-ring (bicyclic) bond motifs is 1. The maximum absolute atomic E-state index is 11.5. The molecule has 1 unspecified atom stereocenters. The number of nitrogens with zero attached hydrogens (tertiary/aromatic N) is 1. The van der Waals surface area contributed by atoms with Gasteiger partial charge in [0.15, 0.2) is 0 Å². The Morgan fingerprint density at radius 1 is 1.44 bits per heavy atom. The molecular weight excluding hydrogens is 200 g/mol. The Hall–Kier alpha value is -1.35. The number of aryl methyl sites for hydroxylation is 1. The van der Waals surface area contributed by atoms with Crippen molar-refractivity contribution in [1.29, 1.82) is 0 Å². The molecule has 3 heteroatoms. The Labute approximate surface area is 96.2 Å². The van der Waals surface area contributed by atoms with E-state index in [0.29, 0.717) is 6.04 Å². The van der Waals surface area contributed by atoms with Crippen molar-refractivity contribution in [3.05, 3.63) is 35.4 Å². The second-order valence-corrected chi connectivity index (χ2v) is 4.37. The molecule has 0 saturated carbocycles. The smallest absolute Gasteiger partial charge is 0.236 e. The van der Waals surface area contributed by atoms with E-state index in [1.807, 2.05) is 7.05 Å². The first-order valence-electron chi connectivity index (χ1n) is 5.75. The Balaban J connectivity index is 2.10. The quantitative estimate of drug-likeness (QED) is 0.803. The van der Waals surface area contributed by atoms with E-state index >= 15 is 0 Å². The number of benzene rings is 1. The van der Waals surface area contributed by atoms with Crippen LogP contribution in [0, 0.1) is 0 Å². The third-order valence-electron chi connectivity index (χ3n) is 3.44. The number of likely N-dealkylation sites (N-methyl/N-ethyl adjacent to an activating group) is 1. The zero-order chi connectivity index (χ0) is 11.5. The molecule has 1 aliphatic rings. The number of rotatable bonds is 2. The van der Waals surface area contributed by atoms with Crippen LogP contribution in [0.1, 0.15) is 17.5 Å². The van der Waals surface area contributed by atoms with Crippen LogP contribution >= 0.6 is 0 Å². The van der Waals surface area contributed by atoms with Gasteiger partial charge in [0.25, 0.3) is 0 Å². The molecule has 2 rings (SSSR count). The highest BCUT2D eigenvalue weighted by molar-refractivity contribution is 5.78. The molecule has 0 aliphatic heterocycles. The molecule has 1 aromatic carbocycles. The van der Waals surface area contributed by atoms with Crippen molar-refractivity contribution in [3.63, 3.8) is 0 Å². The minimum absolute atomic E-state index is 0.0318. The Bertz CT molecular complexity index is 389. The van der Waals surface area contributed by atoms with E-state index in [-0.39, 0.29) is 12.5 Å². The maximum atomic E-state index is 11.5. The summed E-state index contributed by atoms with van der Waals surface area (Å²) in [5.41, 5.74) is 8.18. The fourth-order valence-corrected chi connectivity index (χ4v) is 2.36. The van der Waals surface area contributed by atoms with E-state index in [1.165, 1.54) is 11.1 Å². The zero-order valence-electron chi connectivity index (χ0n) is 9.65. The van der Waals surface area contributed by atoms with Crippen molar-refractivity contribution in [2.45, 2.75) is 25.3 Å². The highest BCUT2D eigenvalue weighted by Crippen LogP contribution is 2.23. The van der Waals surface area contributed by atoms with E-state index in [1.54, 1.807) is 4.90 Å². The van der Waals surface area contributed by atoms with Gasteiger partial charge in [-0.1, -0.05) is 24.3 Å². The van der Waals surface area contributed by atoms with Gasteiger partial charge in [0, 0.05) is 13.1 Å². The molecule has 0 spiro atoms. The summed E-state index contributed by atoms with van der Waals surface area (Å²) in [7, 11) is 1.85. The van der Waals surface area contributed by atoms with Crippen molar-refractivity contribution < 1.29 is 4.79 Å². The van der Waals surface area contributed by atoms with Gasteiger partial charge < -0.3 is 10.6 Å². The predicted octanol–water partition coefficient (Wildman–Crippen LogP) is 0.961. The van der Waals surface area contributed by atoms with Gasteiger partial charge in [-0.15, -0.1) is 0 Å². The number of carbonyl (C=O) groups is 1. The lowest BCUT2D eigenvalue weighted by Gasteiger charge is -2.32. The average Bonchev–Trinajstić information content (AvgIpc) is 2.36. The summed E-state index contributed by atoms with van der Waals surface area (Å²) in [6, 6.07) is 8.78. The van der Waals surface area contributed by atoms with Gasteiger partial charge in [0.05, 0.1) is 6.54 Å². The number of amides is 1. The van der Waals surface area contributed by atoms with Crippen LogP contribution in [0.25, 0.3) is 0 Å². The zero-order valence-corrected chi connectivity index (χ0v) is 9.65. The van der Waals surface area contributed by atoms with Gasteiger partial charge >= 0.3 is 0 Å². The summed E-state index contributed by atoms with van der Waals surface area (Å²) in [6.07, 6.45) is 3.06. The number of hydrogen-bond donors (Lipinski definition) is 1. The lowest BCUT2D eigenvalue weighted by molar-refractivity contribution is -0.130. The molecule has 0 bridgehead atoms. The molecule has 86 valence electrons. The lowest BCUT2D eigenvalue weighted by Crippen LogP contribution is -2.43. The van der Waals surface area contributed by atoms with Gasteiger partial charge in [0.1, 0.15) is 0 Å². The largest absolute Gasteiger partial charge is 0.341 e. The Morgan fingerprint density at radius 2 is 2.12 bits per heavy atom. The van der Waals surface area contributed by atoms with Crippen LogP contribution in [0.3, 0.4) is 0 Å². The van der Waals surface area contributed by atoms with Crippen molar-refractivity contribution in [2.24, 2.45) is 5.73 Å². The minimum Gasteiger partial charge on any atom is -0.341 e. The average molecular weight is 218 g/mol. The van der Waals surface area contributed by atoms with Crippen molar-refractivity contribution in [1.82, 2.24) is 4.90 Å². The number of hydrogen-bond acceptors (Lipinski definition) is 2. The normalized spacial score (nSPS) is 19.0. The molecule has 16 heavy (non-hydrogen) atoms. The van der Waals surface area contributed by atoms with Crippen LogP contribution in [0.2, 0.25) is 0 Å². The molecule has 3 nitrogen and oxygen atoms in total. The molecule has 0 saturated heterocycles. The molecule has 0 heterocycles. The van der Waals surface area contributed by atoms with Crippen molar-refractivity contribution in [3.8, 4) is 0 Å². The highest BCUT2D eigenvalue weighted by Gasteiger charge is 2.23. The summed E-state index contributed by atoms with van der Waals surface area (Å²) >= 11 is 0. The molecule has 1 amide bonds. The van der Waals surface area contributed by atoms with Crippen LogP contribution in [-0.2, 0) is 17.6 Å². The summed E-state index contributed by atoms with van der Waals surface area (Å²) < 4.78 is 0. The van der Waals surface area contributed by atoms with Crippen LogP contribution < -0.4 is 5.73 Å². The second-order valence-electron chi connectivity index (χ2n) is 4.37. The topological polar surface area (TPSA) is 46.3 Å². The van der Waals surface area contributed by atoms with Gasteiger partial charge in [-0.2, -0.15) is 0 Å². The number of carbonyl (C=O) groups excluding carboxylic acids is 1. The standard InChI is InChI=1S/C13H18N2O/c1-15(13(16)9-14)12-7-6-10-4-2-3-5-11(10)8-12/h2-5,12H,6-9,14H2,1H3. The summed E-state index contributed by atoms with van der Waals surface area (Å²) in [4.78, 5) is 13.3. The molecule has 0 aromatic heterocycles. The molecule has 2 N–H and O–H groups in total. The molecule has 1 atom stereocenters. The number of nitrogens with two attached hydrogens (primary N) is 1. The minimum atomic E-state index is 0.0318.